The first kappa shape index (κ1) is 12.3. The number of amidine groups is 1. The Hall–Kier alpha value is -0.770. The van der Waals surface area contributed by atoms with Crippen LogP contribution in [-0.4, -0.2) is 35.6 Å². The largest absolute Gasteiger partial charge is 0.409 e. The van der Waals surface area contributed by atoms with Crippen LogP contribution in [0.4, 0.5) is 0 Å². The van der Waals surface area contributed by atoms with Gasteiger partial charge in [0.1, 0.15) is 0 Å². The third-order valence-corrected chi connectivity index (χ3v) is 3.73. The molecule has 3 unspecified atom stereocenters. The van der Waals surface area contributed by atoms with Gasteiger partial charge in [-0.3, -0.25) is 4.90 Å². The fourth-order valence-electron chi connectivity index (χ4n) is 2.34. The van der Waals surface area contributed by atoms with E-state index in [0.717, 1.165) is 11.8 Å². The minimum absolute atomic E-state index is 0.295. The molecule has 0 aliphatic heterocycles. The molecule has 1 saturated carbocycles. The highest BCUT2D eigenvalue weighted by Crippen LogP contribution is 2.31. The van der Waals surface area contributed by atoms with E-state index in [1.807, 2.05) is 7.05 Å². The molecule has 0 amide bonds. The van der Waals surface area contributed by atoms with Gasteiger partial charge in [0.15, 0.2) is 5.84 Å². The first-order valence-corrected chi connectivity index (χ1v) is 5.71. The van der Waals surface area contributed by atoms with E-state index in [4.69, 9.17) is 10.9 Å². The molecule has 0 aromatic heterocycles. The topological polar surface area (TPSA) is 61.8 Å². The Morgan fingerprint density at radius 2 is 2.07 bits per heavy atom. The van der Waals surface area contributed by atoms with Gasteiger partial charge in [0.05, 0.1) is 6.54 Å². The van der Waals surface area contributed by atoms with Crippen molar-refractivity contribution in [2.45, 2.75) is 39.2 Å². The SMILES string of the molecule is CC1CCC(N(C)CC(N)=NO)CC1C. The van der Waals surface area contributed by atoms with E-state index in [1.54, 1.807) is 0 Å². The molecule has 4 nitrogen and oxygen atoms in total. The molecule has 1 aliphatic carbocycles. The molecule has 0 spiro atoms. The highest BCUT2D eigenvalue weighted by molar-refractivity contribution is 5.81. The first-order valence-electron chi connectivity index (χ1n) is 5.71. The van der Waals surface area contributed by atoms with Gasteiger partial charge >= 0.3 is 0 Å². The highest BCUT2D eigenvalue weighted by atomic mass is 16.4. The molecular formula is C11H23N3O. The van der Waals surface area contributed by atoms with Crippen molar-refractivity contribution in [1.29, 1.82) is 0 Å². The maximum absolute atomic E-state index is 8.51. The molecule has 0 radical (unpaired) electrons. The van der Waals surface area contributed by atoms with E-state index in [2.05, 4.69) is 23.9 Å². The minimum atomic E-state index is 0.295. The van der Waals surface area contributed by atoms with Gasteiger partial charge < -0.3 is 10.9 Å². The van der Waals surface area contributed by atoms with Gasteiger partial charge in [-0.05, 0) is 38.1 Å². The van der Waals surface area contributed by atoms with Crippen LogP contribution in [0, 0.1) is 11.8 Å². The quantitative estimate of drug-likeness (QED) is 0.323. The lowest BCUT2D eigenvalue weighted by Gasteiger charge is -2.37. The maximum Gasteiger partial charge on any atom is 0.153 e. The predicted molar refractivity (Wildman–Crippen MR) is 62.0 cm³/mol. The number of likely N-dealkylation sites (N-methyl/N-ethyl adjacent to an activating group) is 1. The Balaban J connectivity index is 2.44. The van der Waals surface area contributed by atoms with Crippen LogP contribution in [0.5, 0.6) is 0 Å². The summed E-state index contributed by atoms with van der Waals surface area (Å²) in [5.41, 5.74) is 5.50. The van der Waals surface area contributed by atoms with Crippen LogP contribution < -0.4 is 5.73 Å². The average Bonchev–Trinajstić information content (AvgIpc) is 2.21. The van der Waals surface area contributed by atoms with E-state index in [9.17, 15) is 0 Å². The fourth-order valence-corrected chi connectivity index (χ4v) is 2.34. The van der Waals surface area contributed by atoms with Gasteiger partial charge in [-0.1, -0.05) is 19.0 Å². The zero-order valence-corrected chi connectivity index (χ0v) is 9.98. The van der Waals surface area contributed by atoms with Crippen molar-refractivity contribution in [3.8, 4) is 0 Å². The predicted octanol–water partition coefficient (Wildman–Crippen LogP) is 1.49. The van der Waals surface area contributed by atoms with Crippen molar-refractivity contribution >= 4 is 5.84 Å². The Labute approximate surface area is 92.1 Å². The van der Waals surface area contributed by atoms with Crippen LogP contribution in [0.3, 0.4) is 0 Å². The number of nitrogens with two attached hydrogens (primary N) is 1. The zero-order chi connectivity index (χ0) is 11.4. The minimum Gasteiger partial charge on any atom is -0.409 e. The van der Waals surface area contributed by atoms with Crippen molar-refractivity contribution in [3.63, 3.8) is 0 Å². The lowest BCUT2D eigenvalue weighted by Crippen LogP contribution is -2.42. The second-order valence-electron chi connectivity index (χ2n) is 4.93. The molecule has 0 aromatic rings. The van der Waals surface area contributed by atoms with Crippen molar-refractivity contribution < 1.29 is 5.21 Å². The summed E-state index contributed by atoms with van der Waals surface area (Å²) in [6.07, 6.45) is 3.73. The number of rotatable bonds is 3. The standard InChI is InChI=1S/C11H23N3O/c1-8-4-5-10(6-9(8)2)14(3)7-11(12)13-15/h8-10,15H,4-7H2,1-3H3,(H2,12,13). The molecule has 15 heavy (non-hydrogen) atoms. The normalized spacial score (nSPS) is 33.3. The summed E-state index contributed by atoms with van der Waals surface area (Å²) in [4.78, 5) is 2.19. The fraction of sp³-hybridized carbons (Fsp3) is 0.909. The van der Waals surface area contributed by atoms with Gasteiger partial charge in [-0.15, -0.1) is 0 Å². The first-order chi connectivity index (χ1) is 7.04. The lowest BCUT2D eigenvalue weighted by molar-refractivity contribution is 0.143. The number of oxime groups is 1. The highest BCUT2D eigenvalue weighted by Gasteiger charge is 2.27. The Morgan fingerprint density at radius 3 is 2.60 bits per heavy atom. The smallest absolute Gasteiger partial charge is 0.153 e. The molecule has 3 atom stereocenters. The molecule has 1 fully saturated rings. The number of nitrogens with zero attached hydrogens (tertiary/aromatic N) is 2. The second-order valence-corrected chi connectivity index (χ2v) is 4.93. The van der Waals surface area contributed by atoms with Crippen LogP contribution in [0.2, 0.25) is 0 Å². The van der Waals surface area contributed by atoms with Crippen molar-refractivity contribution in [3.05, 3.63) is 0 Å². The Bertz CT molecular complexity index is 230. The maximum atomic E-state index is 8.51. The summed E-state index contributed by atoms with van der Waals surface area (Å²) in [7, 11) is 2.05. The number of hydrogen-bond acceptors (Lipinski definition) is 3. The van der Waals surface area contributed by atoms with Gasteiger partial charge in [-0.25, -0.2) is 0 Å². The third-order valence-electron chi connectivity index (χ3n) is 3.73. The van der Waals surface area contributed by atoms with Crippen LogP contribution in [0.1, 0.15) is 33.1 Å². The van der Waals surface area contributed by atoms with E-state index in [1.165, 1.54) is 19.3 Å². The summed E-state index contributed by atoms with van der Waals surface area (Å²) in [6.45, 7) is 5.20. The molecular weight excluding hydrogens is 190 g/mol. The van der Waals surface area contributed by atoms with E-state index in [0.29, 0.717) is 18.4 Å². The molecule has 0 saturated heterocycles. The summed E-state index contributed by atoms with van der Waals surface area (Å²) >= 11 is 0. The van der Waals surface area contributed by atoms with Gasteiger partial charge in [0.2, 0.25) is 0 Å². The molecule has 1 rings (SSSR count). The van der Waals surface area contributed by atoms with Gasteiger partial charge in [0.25, 0.3) is 0 Å². The third kappa shape index (κ3) is 3.38. The zero-order valence-electron chi connectivity index (χ0n) is 9.98. The van der Waals surface area contributed by atoms with Crippen molar-refractivity contribution in [2.24, 2.45) is 22.7 Å². The van der Waals surface area contributed by atoms with Gasteiger partial charge in [-0.2, -0.15) is 0 Å². The van der Waals surface area contributed by atoms with Crippen LogP contribution in [0.25, 0.3) is 0 Å². The lowest BCUT2D eigenvalue weighted by atomic mass is 9.78. The Kier molecular flexibility index (Phi) is 4.39. The molecule has 1 aliphatic rings. The molecule has 3 N–H and O–H groups in total. The molecule has 0 bridgehead atoms. The van der Waals surface area contributed by atoms with E-state index < -0.39 is 0 Å². The van der Waals surface area contributed by atoms with Crippen molar-refractivity contribution in [2.75, 3.05) is 13.6 Å². The summed E-state index contributed by atoms with van der Waals surface area (Å²) in [6, 6.07) is 0.580. The van der Waals surface area contributed by atoms with E-state index in [-0.39, 0.29) is 0 Å². The van der Waals surface area contributed by atoms with Gasteiger partial charge in [0, 0.05) is 6.04 Å². The number of hydrogen-bond donors (Lipinski definition) is 2. The van der Waals surface area contributed by atoms with Crippen molar-refractivity contribution in [1.82, 2.24) is 4.90 Å². The molecule has 4 heteroatoms. The van der Waals surface area contributed by atoms with E-state index >= 15 is 0 Å². The van der Waals surface area contributed by atoms with Crippen LogP contribution in [-0.2, 0) is 0 Å². The molecule has 0 aromatic carbocycles. The average molecular weight is 213 g/mol. The second kappa shape index (κ2) is 5.35. The summed E-state index contributed by atoms with van der Waals surface area (Å²) in [5.74, 6) is 1.90. The monoisotopic (exact) mass is 213 g/mol. The molecule has 88 valence electrons. The van der Waals surface area contributed by atoms with Crippen LogP contribution in [0.15, 0.2) is 5.16 Å². The summed E-state index contributed by atoms with van der Waals surface area (Å²) in [5, 5.41) is 11.5. The molecule has 0 heterocycles. The Morgan fingerprint density at radius 1 is 1.40 bits per heavy atom. The summed E-state index contributed by atoms with van der Waals surface area (Å²) < 4.78 is 0. The van der Waals surface area contributed by atoms with Crippen LogP contribution >= 0.6 is 0 Å².